The summed E-state index contributed by atoms with van der Waals surface area (Å²) < 4.78 is 0. The number of carbonyl (C=O) groups excluding carboxylic acids is 2. The maximum absolute atomic E-state index is 12.5. The lowest BCUT2D eigenvalue weighted by molar-refractivity contribution is -0.125. The predicted octanol–water partition coefficient (Wildman–Crippen LogP) is 2.01. The molecule has 1 fully saturated rings. The number of rotatable bonds is 4. The molecule has 0 saturated carbocycles. The van der Waals surface area contributed by atoms with Crippen LogP contribution in [-0.2, 0) is 4.79 Å². The van der Waals surface area contributed by atoms with Crippen LogP contribution in [0.1, 0.15) is 27.4 Å². The van der Waals surface area contributed by atoms with Crippen molar-refractivity contribution in [2.75, 3.05) is 20.1 Å². The highest BCUT2D eigenvalue weighted by Crippen LogP contribution is 2.26. The van der Waals surface area contributed by atoms with E-state index in [2.05, 4.69) is 17.4 Å². The molecule has 3 rings (SSSR count). The molecule has 0 spiro atoms. The summed E-state index contributed by atoms with van der Waals surface area (Å²) in [6.07, 6.45) is 3.33. The van der Waals surface area contributed by atoms with Gasteiger partial charge < -0.3 is 16.0 Å². The zero-order valence-corrected chi connectivity index (χ0v) is 14.8. The Morgan fingerprint density at radius 1 is 1.08 bits per heavy atom. The molecule has 1 saturated heterocycles. The summed E-state index contributed by atoms with van der Waals surface area (Å²) in [6.45, 7) is 1.18. The van der Waals surface area contributed by atoms with Gasteiger partial charge in [-0.15, -0.1) is 0 Å². The normalized spacial score (nSPS) is 19.7. The van der Waals surface area contributed by atoms with Crippen LogP contribution in [0.5, 0.6) is 0 Å². The molecule has 2 aromatic rings. The molecular weight excluding hydrogens is 326 g/mol. The molecule has 1 aliphatic heterocycles. The molecule has 134 valence electrons. The Balaban J connectivity index is 1.63. The summed E-state index contributed by atoms with van der Waals surface area (Å²) in [4.78, 5) is 25.8. The van der Waals surface area contributed by atoms with Crippen molar-refractivity contribution in [1.82, 2.24) is 10.2 Å². The van der Waals surface area contributed by atoms with E-state index < -0.39 is 0 Å². The number of likely N-dealkylation sites (tertiary alicyclic amines) is 1. The van der Waals surface area contributed by atoms with Crippen LogP contribution in [0.2, 0.25) is 0 Å². The van der Waals surface area contributed by atoms with Crippen LogP contribution >= 0.6 is 0 Å². The number of hydrogen-bond donors (Lipinski definition) is 2. The monoisotopic (exact) mass is 349 g/mol. The lowest BCUT2D eigenvalue weighted by Crippen LogP contribution is -2.31. The first kappa shape index (κ1) is 17.9. The minimum atomic E-state index is -0.130. The van der Waals surface area contributed by atoms with E-state index in [1.165, 1.54) is 5.56 Å². The molecule has 2 aromatic carbocycles. The fourth-order valence-electron chi connectivity index (χ4n) is 3.22. The van der Waals surface area contributed by atoms with Gasteiger partial charge in [0.2, 0.25) is 5.91 Å². The Labute approximate surface area is 153 Å². The van der Waals surface area contributed by atoms with Crippen LogP contribution in [0, 0.1) is 0 Å². The van der Waals surface area contributed by atoms with Gasteiger partial charge in [-0.05, 0) is 29.3 Å². The van der Waals surface area contributed by atoms with E-state index in [9.17, 15) is 9.59 Å². The quantitative estimate of drug-likeness (QED) is 0.829. The van der Waals surface area contributed by atoms with Crippen molar-refractivity contribution in [1.29, 1.82) is 0 Å². The number of amides is 2. The smallest absolute Gasteiger partial charge is 0.251 e. The van der Waals surface area contributed by atoms with Crippen LogP contribution in [0.15, 0.2) is 60.7 Å². The number of carbonyl (C=O) groups is 2. The average Bonchev–Trinajstić information content (AvgIpc) is 3.08. The molecule has 1 aliphatic rings. The Bertz CT molecular complexity index is 800. The Hall–Kier alpha value is -2.92. The van der Waals surface area contributed by atoms with E-state index in [-0.39, 0.29) is 23.8 Å². The summed E-state index contributed by atoms with van der Waals surface area (Å²) in [5.74, 6) is -0.00994. The third-order valence-corrected chi connectivity index (χ3v) is 4.72. The van der Waals surface area contributed by atoms with Crippen LogP contribution in [0.4, 0.5) is 0 Å². The number of benzene rings is 2. The van der Waals surface area contributed by atoms with E-state index in [1.807, 2.05) is 30.3 Å². The zero-order chi connectivity index (χ0) is 18.5. The first-order valence-electron chi connectivity index (χ1n) is 8.68. The molecule has 0 aliphatic carbocycles. The number of hydrogen-bond acceptors (Lipinski definition) is 3. The van der Waals surface area contributed by atoms with E-state index in [1.54, 1.807) is 36.2 Å². The minimum Gasteiger partial charge on any atom is -0.355 e. The third kappa shape index (κ3) is 4.00. The molecular formula is C21H23N3O2. The van der Waals surface area contributed by atoms with Gasteiger partial charge in [0, 0.05) is 43.7 Å². The number of nitrogens with one attached hydrogen (secondary N) is 1. The van der Waals surface area contributed by atoms with E-state index in [4.69, 9.17) is 5.73 Å². The zero-order valence-electron chi connectivity index (χ0n) is 14.8. The fraction of sp³-hybridized carbons (Fsp3) is 0.238. The number of nitrogens with two attached hydrogens (primary N) is 1. The molecule has 0 aromatic heterocycles. The van der Waals surface area contributed by atoms with Crippen molar-refractivity contribution in [2.45, 2.75) is 12.0 Å². The molecule has 0 radical (unpaired) electrons. The van der Waals surface area contributed by atoms with Gasteiger partial charge in [0.15, 0.2) is 0 Å². The first-order chi connectivity index (χ1) is 12.6. The van der Waals surface area contributed by atoms with Crippen LogP contribution in [0.3, 0.4) is 0 Å². The molecule has 2 atom stereocenters. The van der Waals surface area contributed by atoms with Gasteiger partial charge in [0.05, 0.1) is 0 Å². The molecule has 2 amide bonds. The van der Waals surface area contributed by atoms with Gasteiger partial charge >= 0.3 is 0 Å². The molecule has 0 unspecified atom stereocenters. The van der Waals surface area contributed by atoms with Crippen molar-refractivity contribution >= 4 is 17.9 Å². The van der Waals surface area contributed by atoms with Crippen LogP contribution in [-0.4, -0.2) is 42.9 Å². The first-order valence-corrected chi connectivity index (χ1v) is 8.68. The van der Waals surface area contributed by atoms with E-state index in [0.29, 0.717) is 18.7 Å². The maximum Gasteiger partial charge on any atom is 0.251 e. The van der Waals surface area contributed by atoms with Gasteiger partial charge in [-0.3, -0.25) is 9.59 Å². The standard InChI is InChI=1S/C21H23N3O2/c1-23-21(26)17-10-7-15(8-11-17)9-12-20(25)24-13-18(19(22)14-24)16-5-3-2-4-6-16/h2-12,18-19H,13-14,22H2,1H3,(H,23,26)/b12-9+/t18-,19+/m0/s1. The van der Waals surface area contributed by atoms with Gasteiger partial charge in [-0.2, -0.15) is 0 Å². The minimum absolute atomic E-state index is 0.0470. The molecule has 5 heteroatoms. The second kappa shape index (κ2) is 7.97. The van der Waals surface area contributed by atoms with Crippen molar-refractivity contribution in [2.24, 2.45) is 5.73 Å². The Morgan fingerprint density at radius 2 is 1.77 bits per heavy atom. The van der Waals surface area contributed by atoms with Gasteiger partial charge in [0.1, 0.15) is 0 Å². The van der Waals surface area contributed by atoms with Crippen LogP contribution < -0.4 is 11.1 Å². The summed E-state index contributed by atoms with van der Waals surface area (Å²) in [5.41, 5.74) is 8.88. The van der Waals surface area contributed by atoms with Gasteiger partial charge in [-0.1, -0.05) is 42.5 Å². The van der Waals surface area contributed by atoms with Crippen molar-refractivity contribution < 1.29 is 9.59 Å². The Morgan fingerprint density at radius 3 is 2.42 bits per heavy atom. The summed E-state index contributed by atoms with van der Waals surface area (Å²) in [5, 5.41) is 2.58. The van der Waals surface area contributed by atoms with Crippen molar-refractivity contribution in [3.63, 3.8) is 0 Å². The Kier molecular flexibility index (Phi) is 5.49. The largest absolute Gasteiger partial charge is 0.355 e. The topological polar surface area (TPSA) is 75.4 Å². The highest BCUT2D eigenvalue weighted by atomic mass is 16.2. The third-order valence-electron chi connectivity index (χ3n) is 4.72. The average molecular weight is 349 g/mol. The lowest BCUT2D eigenvalue weighted by atomic mass is 9.95. The van der Waals surface area contributed by atoms with Crippen LogP contribution in [0.25, 0.3) is 6.08 Å². The fourth-order valence-corrected chi connectivity index (χ4v) is 3.22. The van der Waals surface area contributed by atoms with E-state index >= 15 is 0 Å². The molecule has 26 heavy (non-hydrogen) atoms. The summed E-state index contributed by atoms with van der Waals surface area (Å²) in [6, 6.07) is 17.1. The second-order valence-corrected chi connectivity index (χ2v) is 6.46. The molecule has 0 bridgehead atoms. The predicted molar refractivity (Wildman–Crippen MR) is 103 cm³/mol. The highest BCUT2D eigenvalue weighted by Gasteiger charge is 2.32. The second-order valence-electron chi connectivity index (χ2n) is 6.46. The molecule has 5 nitrogen and oxygen atoms in total. The SMILES string of the molecule is CNC(=O)c1ccc(/C=C/C(=O)N2C[C@@H](N)[C@H](c3ccccc3)C2)cc1. The number of nitrogens with zero attached hydrogens (tertiary/aromatic N) is 1. The highest BCUT2D eigenvalue weighted by molar-refractivity contribution is 5.95. The van der Waals surface area contributed by atoms with Crippen molar-refractivity contribution in [3.8, 4) is 0 Å². The molecule has 3 N–H and O–H groups in total. The summed E-state index contributed by atoms with van der Waals surface area (Å²) in [7, 11) is 1.60. The van der Waals surface area contributed by atoms with Gasteiger partial charge in [0.25, 0.3) is 5.91 Å². The maximum atomic E-state index is 12.5. The van der Waals surface area contributed by atoms with Crippen molar-refractivity contribution in [3.05, 3.63) is 77.4 Å². The van der Waals surface area contributed by atoms with Gasteiger partial charge in [-0.25, -0.2) is 0 Å². The lowest BCUT2D eigenvalue weighted by Gasteiger charge is -2.14. The van der Waals surface area contributed by atoms with E-state index in [0.717, 1.165) is 5.56 Å². The summed E-state index contributed by atoms with van der Waals surface area (Å²) >= 11 is 0. The molecule has 1 heterocycles.